The average molecular weight is 185 g/mol. The maximum absolute atomic E-state index is 9.45. The predicted molar refractivity (Wildman–Crippen MR) is 50.3 cm³/mol. The lowest BCUT2D eigenvalue weighted by molar-refractivity contribution is -0.145. The van der Waals surface area contributed by atoms with Crippen molar-refractivity contribution in [3.8, 4) is 0 Å². The highest BCUT2D eigenvalue weighted by Gasteiger charge is 2.40. The van der Waals surface area contributed by atoms with E-state index in [1.165, 1.54) is 25.7 Å². The second-order valence-corrected chi connectivity index (χ2v) is 4.36. The summed E-state index contributed by atoms with van der Waals surface area (Å²) in [5.41, 5.74) is 0. The molecule has 2 aliphatic rings. The van der Waals surface area contributed by atoms with E-state index in [0.717, 1.165) is 11.8 Å². The Morgan fingerprint density at radius 3 is 2.85 bits per heavy atom. The van der Waals surface area contributed by atoms with Crippen LogP contribution in [-0.2, 0) is 4.74 Å². The summed E-state index contributed by atoms with van der Waals surface area (Å²) in [5, 5.41) is 12.4. The van der Waals surface area contributed by atoms with Crippen LogP contribution in [0.1, 0.15) is 25.7 Å². The van der Waals surface area contributed by atoms with Crippen molar-refractivity contribution in [3.05, 3.63) is 0 Å². The first-order valence-corrected chi connectivity index (χ1v) is 5.27. The van der Waals surface area contributed by atoms with Crippen molar-refractivity contribution in [1.82, 2.24) is 5.32 Å². The fourth-order valence-electron chi connectivity index (χ4n) is 2.78. The smallest absolute Gasteiger partial charge is 0.167 e. The van der Waals surface area contributed by atoms with Crippen LogP contribution in [0, 0.1) is 11.8 Å². The van der Waals surface area contributed by atoms with Gasteiger partial charge in [-0.2, -0.15) is 0 Å². The van der Waals surface area contributed by atoms with Crippen LogP contribution in [-0.4, -0.2) is 31.1 Å². The molecule has 3 nitrogen and oxygen atoms in total. The fraction of sp³-hybridized carbons (Fsp3) is 1.00. The van der Waals surface area contributed by atoms with Crippen LogP contribution in [0.3, 0.4) is 0 Å². The largest absolute Gasteiger partial charge is 0.367 e. The molecule has 4 unspecified atom stereocenters. The molecule has 2 rings (SSSR count). The third-order valence-electron chi connectivity index (χ3n) is 3.38. The third-order valence-corrected chi connectivity index (χ3v) is 3.38. The van der Waals surface area contributed by atoms with Gasteiger partial charge in [0, 0.05) is 6.54 Å². The normalized spacial score (nSPS) is 39.7. The van der Waals surface area contributed by atoms with Crippen LogP contribution in [0.5, 0.6) is 0 Å². The molecular formula is C10H19NO2. The molecule has 0 aromatic heterocycles. The topological polar surface area (TPSA) is 41.5 Å². The molecule has 0 aromatic carbocycles. The van der Waals surface area contributed by atoms with E-state index in [-0.39, 0.29) is 0 Å². The van der Waals surface area contributed by atoms with Crippen molar-refractivity contribution < 1.29 is 9.84 Å². The highest BCUT2D eigenvalue weighted by molar-refractivity contribution is 4.91. The number of likely N-dealkylation sites (N-methyl/N-ethyl adjacent to an activating group) is 1. The molecule has 0 amide bonds. The van der Waals surface area contributed by atoms with Gasteiger partial charge in [-0.1, -0.05) is 0 Å². The van der Waals surface area contributed by atoms with Crippen LogP contribution in [0.15, 0.2) is 0 Å². The summed E-state index contributed by atoms with van der Waals surface area (Å²) in [6, 6.07) is 0. The summed E-state index contributed by atoms with van der Waals surface area (Å²) in [7, 11) is 1.83. The summed E-state index contributed by atoms with van der Waals surface area (Å²) >= 11 is 0. The monoisotopic (exact) mass is 185 g/mol. The number of ether oxygens (including phenoxy) is 1. The zero-order valence-electron chi connectivity index (χ0n) is 8.20. The van der Waals surface area contributed by atoms with E-state index in [1.807, 2.05) is 7.05 Å². The number of fused-ring (bicyclic) bond motifs is 2. The lowest BCUT2D eigenvalue weighted by atomic mass is 9.98. The van der Waals surface area contributed by atoms with Gasteiger partial charge in [0.1, 0.15) is 0 Å². The van der Waals surface area contributed by atoms with Gasteiger partial charge >= 0.3 is 0 Å². The minimum absolute atomic E-state index is 0.335. The molecule has 4 atom stereocenters. The Labute approximate surface area is 79.5 Å². The zero-order valence-corrected chi connectivity index (χ0v) is 8.20. The minimum atomic E-state index is -0.616. The molecule has 2 fully saturated rings. The Kier molecular flexibility index (Phi) is 2.86. The second kappa shape index (κ2) is 3.95. The molecule has 2 aliphatic carbocycles. The Morgan fingerprint density at radius 2 is 2.31 bits per heavy atom. The number of hydrogen-bond acceptors (Lipinski definition) is 3. The van der Waals surface area contributed by atoms with Crippen molar-refractivity contribution in [2.75, 3.05) is 13.6 Å². The standard InChI is InChI=1S/C10H19NO2/c1-11-6-10(12)13-9-5-7-2-3-8(9)4-7/h7-12H,2-6H2,1H3. The van der Waals surface area contributed by atoms with Crippen LogP contribution in [0.2, 0.25) is 0 Å². The zero-order chi connectivity index (χ0) is 9.26. The maximum Gasteiger partial charge on any atom is 0.167 e. The van der Waals surface area contributed by atoms with Crippen molar-refractivity contribution >= 4 is 0 Å². The summed E-state index contributed by atoms with van der Waals surface area (Å²) in [6.45, 7) is 0.536. The van der Waals surface area contributed by atoms with Gasteiger partial charge in [-0.25, -0.2) is 0 Å². The van der Waals surface area contributed by atoms with Crippen LogP contribution >= 0.6 is 0 Å². The summed E-state index contributed by atoms with van der Waals surface area (Å²) in [4.78, 5) is 0. The van der Waals surface area contributed by atoms with E-state index >= 15 is 0 Å². The number of aliphatic hydroxyl groups is 1. The number of aliphatic hydroxyl groups excluding tert-OH is 1. The Hall–Kier alpha value is -0.120. The predicted octanol–water partition coefficient (Wildman–Crippen LogP) is 0.729. The van der Waals surface area contributed by atoms with Gasteiger partial charge in [0.05, 0.1) is 6.10 Å². The van der Waals surface area contributed by atoms with Gasteiger partial charge in [-0.3, -0.25) is 0 Å². The first-order chi connectivity index (χ1) is 6.29. The molecule has 0 aliphatic heterocycles. The van der Waals surface area contributed by atoms with Gasteiger partial charge in [-0.05, 0) is 44.6 Å². The van der Waals surface area contributed by atoms with Crippen LogP contribution in [0.25, 0.3) is 0 Å². The van der Waals surface area contributed by atoms with Crippen LogP contribution in [0.4, 0.5) is 0 Å². The molecule has 2 saturated carbocycles. The summed E-state index contributed by atoms with van der Waals surface area (Å²) < 4.78 is 5.58. The first-order valence-electron chi connectivity index (χ1n) is 5.27. The molecule has 2 bridgehead atoms. The molecule has 2 N–H and O–H groups in total. The van der Waals surface area contributed by atoms with Crippen molar-refractivity contribution in [2.45, 2.75) is 38.1 Å². The van der Waals surface area contributed by atoms with Gasteiger partial charge in [0.15, 0.2) is 6.29 Å². The molecule has 13 heavy (non-hydrogen) atoms. The van der Waals surface area contributed by atoms with Crippen molar-refractivity contribution in [3.63, 3.8) is 0 Å². The molecule has 3 heteroatoms. The second-order valence-electron chi connectivity index (χ2n) is 4.36. The lowest BCUT2D eigenvalue weighted by Crippen LogP contribution is -2.32. The Morgan fingerprint density at radius 1 is 1.46 bits per heavy atom. The van der Waals surface area contributed by atoms with Gasteiger partial charge in [-0.15, -0.1) is 0 Å². The molecule has 76 valence electrons. The number of hydrogen-bond donors (Lipinski definition) is 2. The van der Waals surface area contributed by atoms with Crippen LogP contribution < -0.4 is 5.32 Å². The van der Waals surface area contributed by atoms with Crippen molar-refractivity contribution in [1.29, 1.82) is 0 Å². The summed E-state index contributed by atoms with van der Waals surface area (Å²) in [5.74, 6) is 1.62. The number of nitrogens with one attached hydrogen (secondary N) is 1. The highest BCUT2D eigenvalue weighted by Crippen LogP contribution is 2.45. The van der Waals surface area contributed by atoms with Crippen molar-refractivity contribution in [2.24, 2.45) is 11.8 Å². The molecular weight excluding hydrogens is 166 g/mol. The highest BCUT2D eigenvalue weighted by atomic mass is 16.6. The molecule has 0 spiro atoms. The van der Waals surface area contributed by atoms with E-state index in [2.05, 4.69) is 5.32 Å². The molecule has 0 aromatic rings. The van der Waals surface area contributed by atoms with Gasteiger partial charge < -0.3 is 15.2 Å². The van der Waals surface area contributed by atoms with Gasteiger partial charge in [0.25, 0.3) is 0 Å². The average Bonchev–Trinajstić information content (AvgIpc) is 2.65. The van der Waals surface area contributed by atoms with E-state index in [4.69, 9.17) is 4.74 Å². The SMILES string of the molecule is CNCC(O)OC1CC2CCC1C2. The van der Waals surface area contributed by atoms with E-state index < -0.39 is 6.29 Å². The summed E-state index contributed by atoms with van der Waals surface area (Å²) in [6.07, 6.45) is 4.91. The molecule has 0 heterocycles. The molecule has 0 saturated heterocycles. The third kappa shape index (κ3) is 2.03. The number of rotatable bonds is 4. The Balaban J connectivity index is 1.76. The Bertz CT molecular complexity index is 174. The van der Waals surface area contributed by atoms with E-state index in [1.54, 1.807) is 0 Å². The molecule has 0 radical (unpaired) electrons. The quantitative estimate of drug-likeness (QED) is 0.634. The van der Waals surface area contributed by atoms with E-state index in [9.17, 15) is 5.11 Å². The first kappa shape index (κ1) is 9.44. The maximum atomic E-state index is 9.45. The minimum Gasteiger partial charge on any atom is -0.367 e. The van der Waals surface area contributed by atoms with E-state index in [0.29, 0.717) is 12.6 Å². The fourth-order valence-corrected chi connectivity index (χ4v) is 2.78. The lowest BCUT2D eigenvalue weighted by Gasteiger charge is -2.24. The van der Waals surface area contributed by atoms with Gasteiger partial charge in [0.2, 0.25) is 0 Å².